The quantitative estimate of drug-likeness (QED) is 0.942. The van der Waals surface area contributed by atoms with Crippen LogP contribution in [0.25, 0.3) is 0 Å². The molecule has 1 aromatic heterocycles. The molecule has 2 heterocycles. The van der Waals surface area contributed by atoms with Crippen LogP contribution in [0, 0.1) is 0 Å². The maximum atomic E-state index is 12.2. The average molecular weight is 296 g/mol. The SMILES string of the molecule is CC(C)c1nccc(NC2CC(=O)N(c3ccccc3)C2)n1. The van der Waals surface area contributed by atoms with Gasteiger partial charge in [0.25, 0.3) is 0 Å². The van der Waals surface area contributed by atoms with Crippen molar-refractivity contribution in [3.8, 4) is 0 Å². The van der Waals surface area contributed by atoms with Gasteiger partial charge < -0.3 is 10.2 Å². The standard InChI is InChI=1S/C17H20N4O/c1-12(2)17-18-9-8-15(20-17)19-13-10-16(22)21(11-13)14-6-4-3-5-7-14/h3-9,12-13H,10-11H2,1-2H3,(H,18,19,20). The van der Waals surface area contributed by atoms with Crippen LogP contribution in [0.4, 0.5) is 11.5 Å². The minimum absolute atomic E-state index is 0.0719. The van der Waals surface area contributed by atoms with E-state index in [0.717, 1.165) is 17.3 Å². The molecule has 1 fully saturated rings. The lowest BCUT2D eigenvalue weighted by molar-refractivity contribution is -0.117. The summed E-state index contributed by atoms with van der Waals surface area (Å²) >= 11 is 0. The minimum atomic E-state index is 0.0719. The zero-order chi connectivity index (χ0) is 15.5. The molecule has 1 N–H and O–H groups in total. The second kappa shape index (κ2) is 6.13. The van der Waals surface area contributed by atoms with Gasteiger partial charge in [-0.15, -0.1) is 0 Å². The molecule has 1 amide bonds. The number of hydrogen-bond acceptors (Lipinski definition) is 4. The van der Waals surface area contributed by atoms with Gasteiger partial charge in [-0.2, -0.15) is 0 Å². The van der Waals surface area contributed by atoms with Crippen LogP contribution in [0.15, 0.2) is 42.6 Å². The lowest BCUT2D eigenvalue weighted by atomic mass is 10.2. The van der Waals surface area contributed by atoms with Crippen LogP contribution < -0.4 is 10.2 Å². The van der Waals surface area contributed by atoms with Gasteiger partial charge in [0.05, 0.1) is 6.04 Å². The summed E-state index contributed by atoms with van der Waals surface area (Å²) < 4.78 is 0. The number of carbonyl (C=O) groups is 1. The van der Waals surface area contributed by atoms with Crippen LogP contribution in [-0.2, 0) is 4.79 Å². The molecule has 5 heteroatoms. The summed E-state index contributed by atoms with van der Waals surface area (Å²) in [5.74, 6) is 2.02. The van der Waals surface area contributed by atoms with Crippen molar-refractivity contribution in [1.82, 2.24) is 9.97 Å². The highest BCUT2D eigenvalue weighted by Crippen LogP contribution is 2.23. The van der Waals surface area contributed by atoms with Gasteiger partial charge >= 0.3 is 0 Å². The van der Waals surface area contributed by atoms with Crippen LogP contribution in [-0.4, -0.2) is 28.5 Å². The van der Waals surface area contributed by atoms with E-state index in [4.69, 9.17) is 0 Å². The van der Waals surface area contributed by atoms with Gasteiger partial charge in [-0.1, -0.05) is 32.0 Å². The fraction of sp³-hybridized carbons (Fsp3) is 0.353. The summed E-state index contributed by atoms with van der Waals surface area (Å²) in [5.41, 5.74) is 0.947. The topological polar surface area (TPSA) is 58.1 Å². The molecule has 0 aliphatic carbocycles. The normalized spacial score (nSPS) is 18.0. The third-order valence-electron chi connectivity index (χ3n) is 3.74. The van der Waals surface area contributed by atoms with E-state index >= 15 is 0 Å². The zero-order valence-electron chi connectivity index (χ0n) is 12.9. The molecule has 1 aliphatic heterocycles. The minimum Gasteiger partial charge on any atom is -0.365 e. The van der Waals surface area contributed by atoms with Crippen molar-refractivity contribution in [3.63, 3.8) is 0 Å². The Kier molecular flexibility index (Phi) is 4.04. The maximum absolute atomic E-state index is 12.2. The predicted molar refractivity (Wildman–Crippen MR) is 86.9 cm³/mol. The fourth-order valence-corrected chi connectivity index (χ4v) is 2.60. The molecule has 1 aliphatic rings. The summed E-state index contributed by atoms with van der Waals surface area (Å²) in [6.45, 7) is 4.79. The molecule has 0 bridgehead atoms. The molecule has 0 radical (unpaired) electrons. The van der Waals surface area contributed by atoms with Crippen LogP contribution in [0.5, 0.6) is 0 Å². The number of benzene rings is 1. The average Bonchev–Trinajstić information content (AvgIpc) is 2.89. The Morgan fingerprint density at radius 1 is 1.23 bits per heavy atom. The third kappa shape index (κ3) is 3.08. The molecule has 5 nitrogen and oxygen atoms in total. The molecule has 3 rings (SSSR count). The molecule has 1 aromatic carbocycles. The Bertz CT molecular complexity index is 657. The molecule has 2 aromatic rings. The van der Waals surface area contributed by atoms with Crippen molar-refractivity contribution in [2.24, 2.45) is 0 Å². The summed E-state index contributed by atoms with van der Waals surface area (Å²) in [6, 6.07) is 11.7. The van der Waals surface area contributed by atoms with Crippen molar-refractivity contribution < 1.29 is 4.79 Å². The number of amides is 1. The summed E-state index contributed by atoms with van der Waals surface area (Å²) in [7, 11) is 0. The Morgan fingerprint density at radius 3 is 2.73 bits per heavy atom. The van der Waals surface area contributed by atoms with E-state index in [1.807, 2.05) is 41.3 Å². The summed E-state index contributed by atoms with van der Waals surface area (Å²) in [4.78, 5) is 22.8. The largest absolute Gasteiger partial charge is 0.365 e. The second-order valence-electron chi connectivity index (χ2n) is 5.84. The number of para-hydroxylation sites is 1. The number of nitrogens with one attached hydrogen (secondary N) is 1. The summed E-state index contributed by atoms with van der Waals surface area (Å²) in [5, 5.41) is 3.35. The first kappa shape index (κ1) is 14.5. The highest BCUT2D eigenvalue weighted by Gasteiger charge is 2.30. The molecular weight excluding hydrogens is 276 g/mol. The lowest BCUT2D eigenvalue weighted by Crippen LogP contribution is -2.27. The van der Waals surface area contributed by atoms with Crippen LogP contribution in [0.1, 0.15) is 32.0 Å². The van der Waals surface area contributed by atoms with Gasteiger partial charge in [-0.05, 0) is 18.2 Å². The van der Waals surface area contributed by atoms with Crippen LogP contribution in [0.3, 0.4) is 0 Å². The fourth-order valence-electron chi connectivity index (χ4n) is 2.60. The first-order valence-electron chi connectivity index (χ1n) is 7.58. The first-order valence-corrected chi connectivity index (χ1v) is 7.58. The van der Waals surface area contributed by atoms with Gasteiger partial charge in [-0.3, -0.25) is 4.79 Å². The number of nitrogens with zero attached hydrogens (tertiary/aromatic N) is 3. The van der Waals surface area contributed by atoms with E-state index in [2.05, 4.69) is 29.1 Å². The molecule has 0 saturated carbocycles. The van der Waals surface area contributed by atoms with Gasteiger partial charge in [0.15, 0.2) is 0 Å². The molecule has 0 spiro atoms. The molecule has 1 atom stereocenters. The van der Waals surface area contributed by atoms with E-state index in [-0.39, 0.29) is 17.9 Å². The zero-order valence-corrected chi connectivity index (χ0v) is 12.9. The molecule has 22 heavy (non-hydrogen) atoms. The Labute approximate surface area is 130 Å². The van der Waals surface area contributed by atoms with Crippen LogP contribution >= 0.6 is 0 Å². The van der Waals surface area contributed by atoms with E-state index in [1.54, 1.807) is 6.20 Å². The number of anilines is 2. The molecule has 114 valence electrons. The van der Waals surface area contributed by atoms with E-state index in [9.17, 15) is 4.79 Å². The van der Waals surface area contributed by atoms with Gasteiger partial charge in [0, 0.05) is 30.8 Å². The van der Waals surface area contributed by atoms with Gasteiger partial charge in [0.2, 0.25) is 5.91 Å². The van der Waals surface area contributed by atoms with Crippen molar-refractivity contribution in [1.29, 1.82) is 0 Å². The lowest BCUT2D eigenvalue weighted by Gasteiger charge is -2.17. The highest BCUT2D eigenvalue weighted by molar-refractivity contribution is 5.96. The van der Waals surface area contributed by atoms with Crippen molar-refractivity contribution in [2.45, 2.75) is 32.2 Å². The summed E-state index contributed by atoms with van der Waals surface area (Å²) in [6.07, 6.45) is 2.24. The second-order valence-corrected chi connectivity index (χ2v) is 5.84. The Balaban J connectivity index is 1.70. The number of rotatable bonds is 4. The predicted octanol–water partition coefficient (Wildman–Crippen LogP) is 2.82. The van der Waals surface area contributed by atoms with Crippen molar-refractivity contribution in [3.05, 3.63) is 48.4 Å². The first-order chi connectivity index (χ1) is 10.6. The molecule has 1 unspecified atom stereocenters. The van der Waals surface area contributed by atoms with Crippen molar-refractivity contribution in [2.75, 3.05) is 16.8 Å². The highest BCUT2D eigenvalue weighted by atomic mass is 16.2. The van der Waals surface area contributed by atoms with E-state index < -0.39 is 0 Å². The van der Waals surface area contributed by atoms with E-state index in [1.165, 1.54) is 0 Å². The monoisotopic (exact) mass is 296 g/mol. The number of carbonyl (C=O) groups excluding carboxylic acids is 1. The maximum Gasteiger partial charge on any atom is 0.229 e. The van der Waals surface area contributed by atoms with Crippen LogP contribution in [0.2, 0.25) is 0 Å². The van der Waals surface area contributed by atoms with Gasteiger partial charge in [-0.25, -0.2) is 9.97 Å². The Morgan fingerprint density at radius 2 is 2.00 bits per heavy atom. The smallest absolute Gasteiger partial charge is 0.229 e. The van der Waals surface area contributed by atoms with E-state index in [0.29, 0.717) is 13.0 Å². The molecule has 1 saturated heterocycles. The Hall–Kier alpha value is -2.43. The number of hydrogen-bond donors (Lipinski definition) is 1. The van der Waals surface area contributed by atoms with Gasteiger partial charge in [0.1, 0.15) is 11.6 Å². The molecular formula is C17H20N4O. The van der Waals surface area contributed by atoms with Crippen molar-refractivity contribution >= 4 is 17.4 Å². The third-order valence-corrected chi connectivity index (χ3v) is 3.74. The number of aromatic nitrogens is 2.